The van der Waals surface area contributed by atoms with Crippen molar-refractivity contribution in [3.05, 3.63) is 23.8 Å². The molecule has 1 heterocycles. The van der Waals surface area contributed by atoms with Gasteiger partial charge < -0.3 is 9.64 Å². The highest BCUT2D eigenvalue weighted by molar-refractivity contribution is 6.04. The zero-order valence-electron chi connectivity index (χ0n) is 10.0. The van der Waals surface area contributed by atoms with Crippen molar-refractivity contribution >= 4 is 17.4 Å². The van der Waals surface area contributed by atoms with E-state index in [-0.39, 0.29) is 18.1 Å². The number of carbonyl (C=O) groups excluding carboxylic acids is 2. The molecule has 4 nitrogen and oxygen atoms in total. The number of fused-ring (bicyclic) bond motifs is 1. The summed E-state index contributed by atoms with van der Waals surface area (Å²) in [6.07, 6.45) is 0.821. The molecule has 4 heteroatoms. The van der Waals surface area contributed by atoms with Gasteiger partial charge in [0.15, 0.2) is 0 Å². The summed E-state index contributed by atoms with van der Waals surface area (Å²) in [5.41, 5.74) is 1.92. The molecule has 2 rings (SSSR count). The van der Waals surface area contributed by atoms with Gasteiger partial charge in [-0.2, -0.15) is 0 Å². The summed E-state index contributed by atoms with van der Waals surface area (Å²) in [6, 6.07) is 5.65. The standard InChI is InChI=1S/C13H15NO3/c1-9(15)7-13(16)14(2)11-3-4-12-10(8-11)5-6-17-12/h3-4,8H,5-7H2,1-2H3. The van der Waals surface area contributed by atoms with Crippen molar-refractivity contribution in [1.29, 1.82) is 0 Å². The Morgan fingerprint density at radius 1 is 1.41 bits per heavy atom. The number of amides is 1. The summed E-state index contributed by atoms with van der Waals surface area (Å²) < 4.78 is 5.40. The van der Waals surface area contributed by atoms with Crippen LogP contribution in [0.1, 0.15) is 18.9 Å². The smallest absolute Gasteiger partial charge is 0.234 e. The number of ether oxygens (including phenoxy) is 1. The van der Waals surface area contributed by atoms with E-state index in [9.17, 15) is 9.59 Å². The zero-order chi connectivity index (χ0) is 12.4. The Balaban J connectivity index is 2.17. The van der Waals surface area contributed by atoms with Crippen LogP contribution in [0, 0.1) is 0 Å². The van der Waals surface area contributed by atoms with Gasteiger partial charge in [-0.05, 0) is 30.7 Å². The minimum Gasteiger partial charge on any atom is -0.493 e. The first kappa shape index (κ1) is 11.6. The molecule has 0 unspecified atom stereocenters. The highest BCUT2D eigenvalue weighted by Gasteiger charge is 2.17. The Kier molecular flexibility index (Phi) is 3.13. The number of rotatable bonds is 3. The second-order valence-corrected chi connectivity index (χ2v) is 4.22. The number of anilines is 1. The summed E-state index contributed by atoms with van der Waals surface area (Å²) in [6.45, 7) is 2.12. The number of hydrogen-bond donors (Lipinski definition) is 0. The number of benzene rings is 1. The fourth-order valence-electron chi connectivity index (χ4n) is 1.86. The molecule has 0 bridgehead atoms. The van der Waals surface area contributed by atoms with Crippen molar-refractivity contribution in [2.75, 3.05) is 18.6 Å². The van der Waals surface area contributed by atoms with Crippen LogP contribution in [0.5, 0.6) is 5.75 Å². The molecule has 0 fully saturated rings. The van der Waals surface area contributed by atoms with E-state index in [1.807, 2.05) is 18.2 Å². The Bertz CT molecular complexity index is 468. The van der Waals surface area contributed by atoms with Gasteiger partial charge in [0.2, 0.25) is 5.91 Å². The third-order valence-electron chi connectivity index (χ3n) is 2.83. The molecule has 0 saturated carbocycles. The highest BCUT2D eigenvalue weighted by atomic mass is 16.5. The van der Waals surface area contributed by atoms with Crippen LogP contribution in [0.15, 0.2) is 18.2 Å². The van der Waals surface area contributed by atoms with Crippen LogP contribution in [0.2, 0.25) is 0 Å². The Hall–Kier alpha value is -1.84. The van der Waals surface area contributed by atoms with Crippen LogP contribution in [-0.2, 0) is 16.0 Å². The van der Waals surface area contributed by atoms with Crippen molar-refractivity contribution in [3.63, 3.8) is 0 Å². The van der Waals surface area contributed by atoms with Gasteiger partial charge in [0, 0.05) is 19.2 Å². The lowest BCUT2D eigenvalue weighted by Gasteiger charge is -2.17. The van der Waals surface area contributed by atoms with Gasteiger partial charge in [-0.25, -0.2) is 0 Å². The molecule has 1 aromatic rings. The fourth-order valence-corrected chi connectivity index (χ4v) is 1.86. The molecule has 0 aromatic heterocycles. The Morgan fingerprint density at radius 2 is 2.18 bits per heavy atom. The maximum absolute atomic E-state index is 11.7. The Morgan fingerprint density at radius 3 is 2.88 bits per heavy atom. The third-order valence-corrected chi connectivity index (χ3v) is 2.83. The second kappa shape index (κ2) is 4.57. The van der Waals surface area contributed by atoms with Crippen molar-refractivity contribution in [1.82, 2.24) is 0 Å². The van der Waals surface area contributed by atoms with E-state index in [0.29, 0.717) is 6.61 Å². The Labute approximate surface area is 100 Å². The van der Waals surface area contributed by atoms with E-state index in [0.717, 1.165) is 23.4 Å². The molecule has 90 valence electrons. The number of nitrogens with zero attached hydrogens (tertiary/aromatic N) is 1. The van der Waals surface area contributed by atoms with Gasteiger partial charge >= 0.3 is 0 Å². The van der Waals surface area contributed by atoms with E-state index in [1.165, 1.54) is 11.8 Å². The van der Waals surface area contributed by atoms with Crippen molar-refractivity contribution < 1.29 is 14.3 Å². The van der Waals surface area contributed by atoms with Crippen LogP contribution < -0.4 is 9.64 Å². The molecular weight excluding hydrogens is 218 g/mol. The van der Waals surface area contributed by atoms with Crippen LogP contribution in [0.3, 0.4) is 0 Å². The first-order valence-electron chi connectivity index (χ1n) is 5.59. The largest absolute Gasteiger partial charge is 0.493 e. The maximum atomic E-state index is 11.7. The monoisotopic (exact) mass is 233 g/mol. The lowest BCUT2D eigenvalue weighted by molar-refractivity contribution is -0.125. The minimum atomic E-state index is -0.184. The topological polar surface area (TPSA) is 46.6 Å². The minimum absolute atomic E-state index is 0.0515. The lowest BCUT2D eigenvalue weighted by atomic mass is 10.1. The summed E-state index contributed by atoms with van der Waals surface area (Å²) in [4.78, 5) is 24.2. The number of ketones is 1. The average Bonchev–Trinajstić information content (AvgIpc) is 2.73. The van der Waals surface area contributed by atoms with Crippen LogP contribution in [-0.4, -0.2) is 25.3 Å². The SMILES string of the molecule is CC(=O)CC(=O)N(C)c1ccc2c(c1)CCO2. The molecule has 0 radical (unpaired) electrons. The quantitative estimate of drug-likeness (QED) is 0.744. The molecule has 0 spiro atoms. The molecule has 1 amide bonds. The maximum Gasteiger partial charge on any atom is 0.234 e. The molecule has 1 aliphatic heterocycles. The first-order chi connectivity index (χ1) is 8.08. The van der Waals surface area contributed by atoms with E-state index in [2.05, 4.69) is 0 Å². The van der Waals surface area contributed by atoms with Gasteiger partial charge in [-0.3, -0.25) is 9.59 Å². The number of carbonyl (C=O) groups is 2. The van der Waals surface area contributed by atoms with Gasteiger partial charge in [0.25, 0.3) is 0 Å². The number of Topliss-reactive ketones (excluding diaryl/α,β-unsaturated/α-hetero) is 1. The molecule has 0 aliphatic carbocycles. The third kappa shape index (κ3) is 2.46. The first-order valence-corrected chi connectivity index (χ1v) is 5.59. The van der Waals surface area contributed by atoms with Gasteiger partial charge in [0.1, 0.15) is 11.5 Å². The summed E-state index contributed by atoms with van der Waals surface area (Å²) in [5, 5.41) is 0. The van der Waals surface area contributed by atoms with E-state index in [1.54, 1.807) is 7.05 Å². The second-order valence-electron chi connectivity index (χ2n) is 4.22. The zero-order valence-corrected chi connectivity index (χ0v) is 10.0. The number of hydrogen-bond acceptors (Lipinski definition) is 3. The summed E-state index contributed by atoms with van der Waals surface area (Å²) in [7, 11) is 1.68. The van der Waals surface area contributed by atoms with Gasteiger partial charge in [-0.15, -0.1) is 0 Å². The van der Waals surface area contributed by atoms with Gasteiger partial charge in [-0.1, -0.05) is 0 Å². The summed E-state index contributed by atoms with van der Waals surface area (Å²) >= 11 is 0. The van der Waals surface area contributed by atoms with Gasteiger partial charge in [0.05, 0.1) is 13.0 Å². The molecule has 0 atom stereocenters. The van der Waals surface area contributed by atoms with Crippen molar-refractivity contribution in [3.8, 4) is 5.75 Å². The highest BCUT2D eigenvalue weighted by Crippen LogP contribution is 2.29. The predicted molar refractivity (Wildman–Crippen MR) is 64.3 cm³/mol. The van der Waals surface area contributed by atoms with E-state index < -0.39 is 0 Å². The normalized spacial score (nSPS) is 12.8. The molecule has 1 aromatic carbocycles. The molecule has 0 saturated heterocycles. The van der Waals surface area contributed by atoms with Crippen LogP contribution in [0.25, 0.3) is 0 Å². The van der Waals surface area contributed by atoms with Crippen molar-refractivity contribution in [2.45, 2.75) is 19.8 Å². The molecular formula is C13H15NO3. The average molecular weight is 233 g/mol. The van der Waals surface area contributed by atoms with Crippen LogP contribution in [0.4, 0.5) is 5.69 Å². The van der Waals surface area contributed by atoms with Crippen LogP contribution >= 0.6 is 0 Å². The fraction of sp³-hybridized carbons (Fsp3) is 0.385. The molecule has 0 N–H and O–H groups in total. The summed E-state index contributed by atoms with van der Waals surface area (Å²) in [5.74, 6) is 0.587. The van der Waals surface area contributed by atoms with E-state index >= 15 is 0 Å². The lowest BCUT2D eigenvalue weighted by Crippen LogP contribution is -2.27. The predicted octanol–water partition coefficient (Wildman–Crippen LogP) is 1.56. The molecule has 1 aliphatic rings. The van der Waals surface area contributed by atoms with Crippen molar-refractivity contribution in [2.24, 2.45) is 0 Å². The van der Waals surface area contributed by atoms with E-state index in [4.69, 9.17) is 4.74 Å². The molecule has 17 heavy (non-hydrogen) atoms.